The molecule has 0 amide bonds. The fraction of sp³-hybridized carbons (Fsp3) is 0.417. The van der Waals surface area contributed by atoms with Crippen molar-refractivity contribution >= 4 is 0 Å². The summed E-state index contributed by atoms with van der Waals surface area (Å²) in [6, 6.07) is 9.71. The Morgan fingerprint density at radius 3 is 2.73 bits per heavy atom. The summed E-state index contributed by atoms with van der Waals surface area (Å²) >= 11 is 0. The van der Waals surface area contributed by atoms with Crippen LogP contribution in [-0.4, -0.2) is 25.6 Å². The van der Waals surface area contributed by atoms with E-state index in [9.17, 15) is 0 Å². The Kier molecular flexibility index (Phi) is 4.14. The molecule has 0 saturated heterocycles. The molecule has 1 rings (SSSR count). The van der Waals surface area contributed by atoms with Gasteiger partial charge in [-0.3, -0.25) is 4.90 Å². The minimum atomic E-state index is -0.217. The molecule has 0 aliphatic heterocycles. The maximum Gasteiger partial charge on any atom is 0.123 e. The Morgan fingerprint density at radius 2 is 2.20 bits per heavy atom. The zero-order valence-corrected chi connectivity index (χ0v) is 9.40. The summed E-state index contributed by atoms with van der Waals surface area (Å²) in [6.07, 6.45) is 0. The van der Waals surface area contributed by atoms with E-state index >= 15 is 0 Å². The fourth-order valence-electron chi connectivity index (χ4n) is 1.43. The fourth-order valence-corrected chi connectivity index (χ4v) is 1.43. The van der Waals surface area contributed by atoms with Crippen LogP contribution >= 0.6 is 0 Å². The van der Waals surface area contributed by atoms with Crippen LogP contribution in [0.3, 0.4) is 0 Å². The quantitative estimate of drug-likeness (QED) is 0.754. The van der Waals surface area contributed by atoms with Gasteiger partial charge >= 0.3 is 0 Å². The van der Waals surface area contributed by atoms with Crippen LogP contribution in [0.4, 0.5) is 0 Å². The molecule has 0 aliphatic carbocycles. The highest BCUT2D eigenvalue weighted by Gasteiger charge is 2.12. The first kappa shape index (κ1) is 11.5. The van der Waals surface area contributed by atoms with Gasteiger partial charge < -0.3 is 4.74 Å². The molecule has 0 fully saturated rings. The topological polar surface area (TPSA) is 36.3 Å². The number of nitrogens with zero attached hydrogens (tertiary/aromatic N) is 2. The van der Waals surface area contributed by atoms with Gasteiger partial charge in [0.2, 0.25) is 0 Å². The Balaban J connectivity index is 2.94. The molecule has 1 atom stereocenters. The molecule has 0 radical (unpaired) electrons. The van der Waals surface area contributed by atoms with Gasteiger partial charge in [0.25, 0.3) is 0 Å². The third-order valence-electron chi connectivity index (χ3n) is 2.12. The first-order chi connectivity index (χ1) is 7.19. The van der Waals surface area contributed by atoms with Crippen LogP contribution in [0.25, 0.3) is 0 Å². The predicted octanol–water partition coefficient (Wildman–Crippen LogP) is 2.21. The Labute approximate surface area is 90.9 Å². The van der Waals surface area contributed by atoms with Crippen molar-refractivity contribution in [3.05, 3.63) is 29.8 Å². The van der Waals surface area contributed by atoms with E-state index in [0.717, 1.165) is 11.3 Å². The van der Waals surface area contributed by atoms with Crippen LogP contribution in [0.2, 0.25) is 0 Å². The summed E-state index contributed by atoms with van der Waals surface area (Å²) < 4.78 is 5.39. The summed E-state index contributed by atoms with van der Waals surface area (Å²) in [5.74, 6) is 0.817. The lowest BCUT2D eigenvalue weighted by Gasteiger charge is -2.17. The van der Waals surface area contributed by atoms with E-state index in [1.807, 2.05) is 50.2 Å². The molecule has 1 unspecified atom stereocenters. The standard InChI is InChI=1S/C12H16N2O/c1-4-15-11-7-5-6-10(8-11)12(9-13)14(2)3/h5-8,12H,4H2,1-3H3. The largest absolute Gasteiger partial charge is 0.494 e. The van der Waals surface area contributed by atoms with Crippen molar-refractivity contribution in [1.82, 2.24) is 4.90 Å². The number of ether oxygens (including phenoxy) is 1. The van der Waals surface area contributed by atoms with E-state index in [0.29, 0.717) is 6.61 Å². The van der Waals surface area contributed by atoms with Crippen LogP contribution in [0, 0.1) is 11.3 Å². The lowest BCUT2D eigenvalue weighted by atomic mass is 10.1. The van der Waals surface area contributed by atoms with Crippen molar-refractivity contribution in [2.24, 2.45) is 0 Å². The second-order valence-corrected chi connectivity index (χ2v) is 3.50. The van der Waals surface area contributed by atoms with Crippen LogP contribution in [0.5, 0.6) is 5.75 Å². The predicted molar refractivity (Wildman–Crippen MR) is 59.7 cm³/mol. The molecule has 80 valence electrons. The molecule has 3 nitrogen and oxygen atoms in total. The minimum absolute atomic E-state index is 0.217. The van der Waals surface area contributed by atoms with Gasteiger partial charge in [0.05, 0.1) is 12.7 Å². The van der Waals surface area contributed by atoms with E-state index in [1.165, 1.54) is 0 Å². The zero-order valence-electron chi connectivity index (χ0n) is 9.40. The highest BCUT2D eigenvalue weighted by molar-refractivity contribution is 5.33. The van der Waals surface area contributed by atoms with Gasteiger partial charge in [0, 0.05) is 0 Å². The van der Waals surface area contributed by atoms with Crippen LogP contribution in [0.1, 0.15) is 18.5 Å². The van der Waals surface area contributed by atoms with Crippen molar-refractivity contribution in [1.29, 1.82) is 5.26 Å². The SMILES string of the molecule is CCOc1cccc(C(C#N)N(C)C)c1. The number of benzene rings is 1. The summed E-state index contributed by atoms with van der Waals surface area (Å²) in [6.45, 7) is 2.59. The zero-order chi connectivity index (χ0) is 11.3. The minimum Gasteiger partial charge on any atom is -0.494 e. The van der Waals surface area contributed by atoms with Crippen molar-refractivity contribution in [3.8, 4) is 11.8 Å². The Hall–Kier alpha value is -1.53. The van der Waals surface area contributed by atoms with E-state index in [4.69, 9.17) is 10.00 Å². The second kappa shape index (κ2) is 5.38. The molecule has 0 N–H and O–H groups in total. The number of nitriles is 1. The Morgan fingerprint density at radius 1 is 1.47 bits per heavy atom. The average Bonchev–Trinajstić information content (AvgIpc) is 2.19. The molecular weight excluding hydrogens is 188 g/mol. The average molecular weight is 204 g/mol. The molecule has 0 spiro atoms. The third-order valence-corrected chi connectivity index (χ3v) is 2.12. The molecule has 15 heavy (non-hydrogen) atoms. The highest BCUT2D eigenvalue weighted by Crippen LogP contribution is 2.21. The summed E-state index contributed by atoms with van der Waals surface area (Å²) in [7, 11) is 3.78. The van der Waals surface area contributed by atoms with E-state index in [-0.39, 0.29) is 6.04 Å². The molecule has 1 aromatic carbocycles. The normalized spacial score (nSPS) is 12.2. The van der Waals surface area contributed by atoms with Gasteiger partial charge in [-0.2, -0.15) is 5.26 Å². The van der Waals surface area contributed by atoms with Crippen molar-refractivity contribution in [3.63, 3.8) is 0 Å². The second-order valence-electron chi connectivity index (χ2n) is 3.50. The molecule has 0 aromatic heterocycles. The molecule has 0 bridgehead atoms. The molecule has 3 heteroatoms. The van der Waals surface area contributed by atoms with Gasteiger partial charge in [-0.25, -0.2) is 0 Å². The van der Waals surface area contributed by atoms with E-state index < -0.39 is 0 Å². The smallest absolute Gasteiger partial charge is 0.123 e. The van der Waals surface area contributed by atoms with Gasteiger partial charge in [-0.15, -0.1) is 0 Å². The van der Waals surface area contributed by atoms with Crippen molar-refractivity contribution in [2.45, 2.75) is 13.0 Å². The third kappa shape index (κ3) is 2.97. The molecular formula is C12H16N2O. The van der Waals surface area contributed by atoms with Gasteiger partial charge in [0.1, 0.15) is 11.8 Å². The first-order valence-electron chi connectivity index (χ1n) is 4.97. The highest BCUT2D eigenvalue weighted by atomic mass is 16.5. The maximum absolute atomic E-state index is 9.04. The maximum atomic E-state index is 9.04. The first-order valence-corrected chi connectivity index (χ1v) is 4.97. The molecule has 0 heterocycles. The summed E-state index contributed by atoms with van der Waals surface area (Å²) in [5, 5.41) is 9.04. The number of hydrogen-bond acceptors (Lipinski definition) is 3. The van der Waals surface area contributed by atoms with Crippen LogP contribution in [0.15, 0.2) is 24.3 Å². The van der Waals surface area contributed by atoms with E-state index in [2.05, 4.69) is 6.07 Å². The van der Waals surface area contributed by atoms with Crippen molar-refractivity contribution < 1.29 is 4.74 Å². The summed E-state index contributed by atoms with van der Waals surface area (Å²) in [4.78, 5) is 1.88. The van der Waals surface area contributed by atoms with Crippen LogP contribution in [-0.2, 0) is 0 Å². The van der Waals surface area contributed by atoms with Crippen molar-refractivity contribution in [2.75, 3.05) is 20.7 Å². The number of rotatable bonds is 4. The molecule has 1 aromatic rings. The van der Waals surface area contributed by atoms with Gasteiger partial charge in [0.15, 0.2) is 0 Å². The number of hydrogen-bond donors (Lipinski definition) is 0. The monoisotopic (exact) mass is 204 g/mol. The summed E-state index contributed by atoms with van der Waals surface area (Å²) in [5.41, 5.74) is 0.966. The van der Waals surface area contributed by atoms with E-state index in [1.54, 1.807) is 0 Å². The Bertz CT molecular complexity index is 355. The lowest BCUT2D eigenvalue weighted by molar-refractivity contribution is 0.335. The van der Waals surface area contributed by atoms with Gasteiger partial charge in [-0.1, -0.05) is 12.1 Å². The van der Waals surface area contributed by atoms with Gasteiger partial charge in [-0.05, 0) is 38.7 Å². The van der Waals surface area contributed by atoms with Crippen LogP contribution < -0.4 is 4.74 Å². The lowest BCUT2D eigenvalue weighted by Crippen LogP contribution is -2.18. The molecule has 0 aliphatic rings. The molecule has 0 saturated carbocycles.